The van der Waals surface area contributed by atoms with E-state index < -0.39 is 0 Å². The second kappa shape index (κ2) is 6.07. The number of anilines is 1. The Morgan fingerprint density at radius 1 is 1.37 bits per heavy atom. The van der Waals surface area contributed by atoms with Crippen molar-refractivity contribution in [3.05, 3.63) is 51.1 Å². The van der Waals surface area contributed by atoms with Crippen LogP contribution in [0, 0.1) is 5.82 Å². The molecule has 2 aromatic rings. The molecule has 19 heavy (non-hydrogen) atoms. The van der Waals surface area contributed by atoms with Crippen LogP contribution in [0.25, 0.3) is 0 Å². The Kier molecular flexibility index (Phi) is 4.65. The number of halogens is 3. The summed E-state index contributed by atoms with van der Waals surface area (Å²) >= 11 is 6.65. The standard InChI is InChI=1S/C13H13Br2FN2O/c1-18(10-5-3-2-4-9(10)16)11(7-17)12-6-8(14)13(15)19-12/h2-6,11H,7,17H2,1H3. The van der Waals surface area contributed by atoms with Crippen LogP contribution in [-0.4, -0.2) is 13.6 Å². The summed E-state index contributed by atoms with van der Waals surface area (Å²) in [4.78, 5) is 1.77. The molecule has 2 N–H and O–H groups in total. The van der Waals surface area contributed by atoms with Gasteiger partial charge in [0.15, 0.2) is 4.67 Å². The van der Waals surface area contributed by atoms with E-state index >= 15 is 0 Å². The van der Waals surface area contributed by atoms with Gasteiger partial charge in [0, 0.05) is 13.6 Å². The highest BCUT2D eigenvalue weighted by Gasteiger charge is 2.22. The smallest absolute Gasteiger partial charge is 0.183 e. The average molecular weight is 392 g/mol. The fourth-order valence-electron chi connectivity index (χ4n) is 1.90. The summed E-state index contributed by atoms with van der Waals surface area (Å²) in [7, 11) is 1.79. The minimum atomic E-state index is -0.284. The van der Waals surface area contributed by atoms with E-state index in [1.54, 1.807) is 30.1 Å². The maximum absolute atomic E-state index is 13.8. The molecule has 1 aromatic carbocycles. The van der Waals surface area contributed by atoms with Crippen molar-refractivity contribution in [3.8, 4) is 0 Å². The number of furan rings is 1. The van der Waals surface area contributed by atoms with Gasteiger partial charge < -0.3 is 15.1 Å². The van der Waals surface area contributed by atoms with Crippen LogP contribution < -0.4 is 10.6 Å². The van der Waals surface area contributed by atoms with Gasteiger partial charge in [-0.1, -0.05) is 12.1 Å². The number of likely N-dealkylation sites (N-methyl/N-ethyl adjacent to an activating group) is 1. The van der Waals surface area contributed by atoms with Gasteiger partial charge in [-0.25, -0.2) is 4.39 Å². The Balaban J connectivity index is 2.34. The lowest BCUT2D eigenvalue weighted by molar-refractivity contribution is 0.441. The molecule has 3 nitrogen and oxygen atoms in total. The zero-order valence-electron chi connectivity index (χ0n) is 10.2. The summed E-state index contributed by atoms with van der Waals surface area (Å²) in [6, 6.07) is 8.18. The van der Waals surface area contributed by atoms with E-state index in [0.29, 0.717) is 22.7 Å². The van der Waals surface area contributed by atoms with Crippen LogP contribution in [0.2, 0.25) is 0 Å². The van der Waals surface area contributed by atoms with Gasteiger partial charge in [-0.15, -0.1) is 0 Å². The van der Waals surface area contributed by atoms with Gasteiger partial charge in [0.25, 0.3) is 0 Å². The molecule has 1 atom stereocenters. The van der Waals surface area contributed by atoms with Crippen LogP contribution in [-0.2, 0) is 0 Å². The van der Waals surface area contributed by atoms with Gasteiger partial charge in [0.2, 0.25) is 0 Å². The predicted octanol–water partition coefficient (Wildman–Crippen LogP) is 4.08. The predicted molar refractivity (Wildman–Crippen MR) is 80.7 cm³/mol. The fourth-order valence-corrected chi connectivity index (χ4v) is 2.51. The van der Waals surface area contributed by atoms with E-state index in [2.05, 4.69) is 31.9 Å². The van der Waals surface area contributed by atoms with Gasteiger partial charge in [-0.05, 0) is 50.1 Å². The van der Waals surface area contributed by atoms with Crippen LogP contribution in [0.3, 0.4) is 0 Å². The lowest BCUT2D eigenvalue weighted by Crippen LogP contribution is -2.30. The van der Waals surface area contributed by atoms with E-state index in [0.717, 1.165) is 4.47 Å². The Labute approximate surface area is 127 Å². The van der Waals surface area contributed by atoms with Gasteiger partial charge in [0.1, 0.15) is 11.6 Å². The Morgan fingerprint density at radius 3 is 2.58 bits per heavy atom. The SMILES string of the molecule is CN(c1ccccc1F)C(CN)c1cc(Br)c(Br)o1. The van der Waals surface area contributed by atoms with E-state index in [-0.39, 0.29) is 11.9 Å². The number of hydrogen-bond donors (Lipinski definition) is 1. The molecule has 1 aromatic heterocycles. The number of nitrogens with zero attached hydrogens (tertiary/aromatic N) is 1. The number of benzene rings is 1. The molecule has 0 aliphatic heterocycles. The molecule has 0 saturated heterocycles. The second-order valence-corrected chi connectivity index (χ2v) is 5.66. The molecule has 0 aliphatic carbocycles. The summed E-state index contributed by atoms with van der Waals surface area (Å²) < 4.78 is 20.8. The molecule has 0 fully saturated rings. The third-order valence-electron chi connectivity index (χ3n) is 2.92. The van der Waals surface area contributed by atoms with Crippen molar-refractivity contribution in [2.24, 2.45) is 5.73 Å². The first-order valence-corrected chi connectivity index (χ1v) is 7.25. The molecular weight excluding hydrogens is 379 g/mol. The first-order chi connectivity index (χ1) is 9.04. The Hall–Kier alpha value is -0.850. The van der Waals surface area contributed by atoms with Crippen LogP contribution >= 0.6 is 31.9 Å². The summed E-state index contributed by atoms with van der Waals surface area (Å²) in [5, 5.41) is 0. The third kappa shape index (κ3) is 3.01. The number of hydrogen-bond acceptors (Lipinski definition) is 3. The van der Waals surface area contributed by atoms with E-state index in [4.69, 9.17) is 10.2 Å². The molecule has 1 unspecified atom stereocenters. The minimum absolute atomic E-state index is 0.237. The van der Waals surface area contributed by atoms with Crippen molar-refractivity contribution in [3.63, 3.8) is 0 Å². The summed E-state index contributed by atoms with van der Waals surface area (Å²) in [6.07, 6.45) is 0. The van der Waals surface area contributed by atoms with E-state index in [1.165, 1.54) is 6.07 Å². The fraction of sp³-hybridized carbons (Fsp3) is 0.231. The van der Waals surface area contributed by atoms with Crippen molar-refractivity contribution in [2.45, 2.75) is 6.04 Å². The summed E-state index contributed by atoms with van der Waals surface area (Å²) in [5.41, 5.74) is 6.29. The van der Waals surface area contributed by atoms with Crippen molar-refractivity contribution >= 4 is 37.5 Å². The van der Waals surface area contributed by atoms with E-state index in [9.17, 15) is 4.39 Å². The number of rotatable bonds is 4. The normalized spacial score (nSPS) is 12.5. The third-order valence-corrected chi connectivity index (χ3v) is 4.63. The molecule has 0 radical (unpaired) electrons. The summed E-state index contributed by atoms with van der Waals surface area (Å²) in [5.74, 6) is 0.389. The highest BCUT2D eigenvalue weighted by Crippen LogP contribution is 2.33. The topological polar surface area (TPSA) is 42.4 Å². The van der Waals surface area contributed by atoms with Crippen molar-refractivity contribution in [1.82, 2.24) is 0 Å². The molecule has 0 aliphatic rings. The van der Waals surface area contributed by atoms with E-state index in [1.807, 2.05) is 6.07 Å². The Morgan fingerprint density at radius 2 is 2.05 bits per heavy atom. The second-order valence-electron chi connectivity index (χ2n) is 4.08. The van der Waals surface area contributed by atoms with Gasteiger partial charge >= 0.3 is 0 Å². The van der Waals surface area contributed by atoms with Crippen LogP contribution in [0.15, 0.2) is 43.9 Å². The Bertz CT molecular complexity index is 554. The molecule has 0 spiro atoms. The highest BCUT2D eigenvalue weighted by molar-refractivity contribution is 9.13. The van der Waals surface area contributed by atoms with Crippen molar-refractivity contribution < 1.29 is 8.81 Å². The first kappa shape index (κ1) is 14.6. The van der Waals surface area contributed by atoms with Gasteiger partial charge in [-0.3, -0.25) is 0 Å². The molecule has 0 bridgehead atoms. The largest absolute Gasteiger partial charge is 0.451 e. The molecule has 102 valence electrons. The number of nitrogens with two attached hydrogens (primary N) is 1. The molecule has 2 rings (SSSR count). The van der Waals surface area contributed by atoms with Crippen LogP contribution in [0.1, 0.15) is 11.8 Å². The zero-order valence-corrected chi connectivity index (χ0v) is 13.4. The highest BCUT2D eigenvalue weighted by atomic mass is 79.9. The molecule has 1 heterocycles. The van der Waals surface area contributed by atoms with Crippen molar-refractivity contribution in [2.75, 3.05) is 18.5 Å². The van der Waals surface area contributed by atoms with Crippen LogP contribution in [0.4, 0.5) is 10.1 Å². The quantitative estimate of drug-likeness (QED) is 0.853. The maximum atomic E-state index is 13.8. The zero-order chi connectivity index (χ0) is 14.0. The first-order valence-electron chi connectivity index (χ1n) is 5.66. The lowest BCUT2D eigenvalue weighted by Gasteiger charge is -2.27. The minimum Gasteiger partial charge on any atom is -0.451 e. The maximum Gasteiger partial charge on any atom is 0.183 e. The molecular formula is C13H13Br2FN2O. The monoisotopic (exact) mass is 390 g/mol. The summed E-state index contributed by atoms with van der Waals surface area (Å²) in [6.45, 7) is 0.317. The van der Waals surface area contributed by atoms with Crippen LogP contribution in [0.5, 0.6) is 0 Å². The van der Waals surface area contributed by atoms with Gasteiger partial charge in [-0.2, -0.15) is 0 Å². The molecule has 6 heteroatoms. The molecule has 0 amide bonds. The van der Waals surface area contributed by atoms with Gasteiger partial charge in [0.05, 0.1) is 16.2 Å². The van der Waals surface area contributed by atoms with Crippen molar-refractivity contribution in [1.29, 1.82) is 0 Å². The lowest BCUT2D eigenvalue weighted by atomic mass is 10.1. The average Bonchev–Trinajstić information content (AvgIpc) is 2.70. The number of para-hydroxylation sites is 1. The molecule has 0 saturated carbocycles.